The Morgan fingerprint density at radius 1 is 1.12 bits per heavy atom. The van der Waals surface area contributed by atoms with E-state index in [-0.39, 0.29) is 6.03 Å². The molecule has 0 spiro atoms. The van der Waals surface area contributed by atoms with Crippen LogP contribution in [0.4, 0.5) is 4.79 Å². The minimum absolute atomic E-state index is 0.0698. The third-order valence-corrected chi connectivity index (χ3v) is 5.09. The third-order valence-electron chi connectivity index (χ3n) is 5.09. The molecule has 2 heterocycles. The summed E-state index contributed by atoms with van der Waals surface area (Å²) >= 11 is 0. The summed E-state index contributed by atoms with van der Waals surface area (Å²) in [6.07, 6.45) is 2.21. The lowest BCUT2D eigenvalue weighted by Crippen LogP contribution is -2.47. The minimum Gasteiger partial charge on any atom is -0.379 e. The minimum atomic E-state index is 0.0698. The van der Waals surface area contributed by atoms with Gasteiger partial charge in [0.2, 0.25) is 0 Å². The van der Waals surface area contributed by atoms with Crippen LogP contribution in [0.15, 0.2) is 24.3 Å². The van der Waals surface area contributed by atoms with Crippen LogP contribution in [0.5, 0.6) is 0 Å². The van der Waals surface area contributed by atoms with Gasteiger partial charge in [-0.3, -0.25) is 4.90 Å². The molecule has 0 atom stereocenters. The summed E-state index contributed by atoms with van der Waals surface area (Å²) < 4.78 is 5.40. The molecule has 2 aliphatic heterocycles. The number of carbonyl (C=O) groups is 1. The van der Waals surface area contributed by atoms with Crippen molar-refractivity contribution in [3.8, 4) is 0 Å². The first-order valence-electron chi connectivity index (χ1n) is 9.09. The number of nitrogens with one attached hydrogen (secondary N) is 1. The number of carbonyl (C=O) groups excluding carboxylic acids is 1. The van der Waals surface area contributed by atoms with Crippen LogP contribution in [0.3, 0.4) is 0 Å². The summed E-state index contributed by atoms with van der Waals surface area (Å²) in [6, 6.07) is 8.38. The highest BCUT2D eigenvalue weighted by Crippen LogP contribution is 2.19. The number of likely N-dealkylation sites (tertiary alicyclic amines) is 1. The Kier molecular flexibility index (Phi) is 6.10. The monoisotopic (exact) mass is 331 g/mol. The SMILES string of the molecule is Cc1ccc(CNC(=O)N2CCC(CN3CCOCC3)CC2)cc1. The lowest BCUT2D eigenvalue weighted by molar-refractivity contribution is 0.0258. The molecular formula is C19H29N3O2. The molecule has 1 aromatic carbocycles. The Morgan fingerprint density at radius 3 is 2.46 bits per heavy atom. The van der Waals surface area contributed by atoms with Crippen molar-refractivity contribution in [2.45, 2.75) is 26.3 Å². The maximum Gasteiger partial charge on any atom is 0.317 e. The Balaban J connectivity index is 1.37. The maximum atomic E-state index is 12.3. The highest BCUT2D eigenvalue weighted by molar-refractivity contribution is 5.74. The van der Waals surface area contributed by atoms with E-state index in [4.69, 9.17) is 4.74 Å². The van der Waals surface area contributed by atoms with E-state index in [9.17, 15) is 4.79 Å². The lowest BCUT2D eigenvalue weighted by atomic mass is 9.96. The van der Waals surface area contributed by atoms with Gasteiger partial charge in [-0.15, -0.1) is 0 Å². The summed E-state index contributed by atoms with van der Waals surface area (Å²) in [5.41, 5.74) is 2.39. The molecule has 2 fully saturated rings. The van der Waals surface area contributed by atoms with Gasteiger partial charge in [-0.05, 0) is 31.2 Å². The molecule has 0 aromatic heterocycles. The molecule has 1 aromatic rings. The van der Waals surface area contributed by atoms with Crippen LogP contribution in [0, 0.1) is 12.8 Å². The van der Waals surface area contributed by atoms with E-state index < -0.39 is 0 Å². The van der Waals surface area contributed by atoms with Gasteiger partial charge in [0.05, 0.1) is 13.2 Å². The van der Waals surface area contributed by atoms with E-state index in [0.29, 0.717) is 12.5 Å². The maximum absolute atomic E-state index is 12.3. The molecule has 5 nitrogen and oxygen atoms in total. The number of morpholine rings is 1. The number of urea groups is 1. The first kappa shape index (κ1) is 17.2. The molecule has 24 heavy (non-hydrogen) atoms. The van der Waals surface area contributed by atoms with Crippen LogP contribution in [0.2, 0.25) is 0 Å². The largest absolute Gasteiger partial charge is 0.379 e. The Bertz CT molecular complexity index is 518. The number of amides is 2. The second-order valence-electron chi connectivity index (χ2n) is 6.99. The van der Waals surface area contributed by atoms with E-state index in [1.165, 1.54) is 5.56 Å². The van der Waals surface area contributed by atoms with E-state index in [1.807, 2.05) is 4.90 Å². The van der Waals surface area contributed by atoms with Gasteiger partial charge >= 0.3 is 6.03 Å². The summed E-state index contributed by atoms with van der Waals surface area (Å²) in [6.45, 7) is 9.40. The number of benzene rings is 1. The van der Waals surface area contributed by atoms with Gasteiger partial charge in [-0.25, -0.2) is 4.79 Å². The number of aryl methyl sites for hydroxylation is 1. The van der Waals surface area contributed by atoms with Crippen LogP contribution in [-0.2, 0) is 11.3 Å². The standard InChI is InChI=1S/C19H29N3O2/c1-16-2-4-17(5-3-16)14-20-19(23)22-8-6-18(7-9-22)15-21-10-12-24-13-11-21/h2-5,18H,6-15H2,1H3,(H,20,23). The van der Waals surface area contributed by atoms with Gasteiger partial charge in [0.1, 0.15) is 0 Å². The molecule has 0 aliphatic carbocycles. The second kappa shape index (κ2) is 8.49. The van der Waals surface area contributed by atoms with Gasteiger partial charge in [-0.1, -0.05) is 29.8 Å². The molecule has 0 bridgehead atoms. The molecule has 132 valence electrons. The highest BCUT2D eigenvalue weighted by Gasteiger charge is 2.24. The average molecular weight is 331 g/mol. The summed E-state index contributed by atoms with van der Waals surface area (Å²) in [4.78, 5) is 16.8. The molecule has 1 N–H and O–H groups in total. The Morgan fingerprint density at radius 2 is 1.79 bits per heavy atom. The fourth-order valence-electron chi connectivity index (χ4n) is 3.46. The molecule has 0 unspecified atom stereocenters. The van der Waals surface area contributed by atoms with Gasteiger partial charge in [0, 0.05) is 39.3 Å². The highest BCUT2D eigenvalue weighted by atomic mass is 16.5. The normalized spacial score (nSPS) is 20.1. The number of hydrogen-bond donors (Lipinski definition) is 1. The molecule has 5 heteroatoms. The fraction of sp³-hybridized carbons (Fsp3) is 0.632. The van der Waals surface area contributed by atoms with E-state index in [0.717, 1.165) is 64.3 Å². The van der Waals surface area contributed by atoms with Crippen LogP contribution >= 0.6 is 0 Å². The van der Waals surface area contributed by atoms with Crippen molar-refractivity contribution in [3.05, 3.63) is 35.4 Å². The van der Waals surface area contributed by atoms with E-state index in [2.05, 4.69) is 41.4 Å². The Labute approximate surface area is 145 Å². The van der Waals surface area contributed by atoms with Gasteiger partial charge in [0.25, 0.3) is 0 Å². The van der Waals surface area contributed by atoms with Gasteiger partial charge in [-0.2, -0.15) is 0 Å². The predicted molar refractivity (Wildman–Crippen MR) is 95.0 cm³/mol. The van der Waals surface area contributed by atoms with Crippen molar-refractivity contribution in [1.82, 2.24) is 15.1 Å². The molecule has 0 radical (unpaired) electrons. The first-order valence-corrected chi connectivity index (χ1v) is 9.09. The molecule has 2 saturated heterocycles. The predicted octanol–water partition coefficient (Wildman–Crippen LogP) is 2.25. The molecule has 2 aliphatic rings. The molecule has 2 amide bonds. The zero-order valence-corrected chi connectivity index (χ0v) is 14.7. The smallest absolute Gasteiger partial charge is 0.317 e. The van der Waals surface area contributed by atoms with Crippen molar-refractivity contribution >= 4 is 6.03 Å². The number of rotatable bonds is 4. The van der Waals surface area contributed by atoms with Crippen molar-refractivity contribution in [3.63, 3.8) is 0 Å². The zero-order valence-electron chi connectivity index (χ0n) is 14.7. The number of nitrogens with zero attached hydrogens (tertiary/aromatic N) is 2. The van der Waals surface area contributed by atoms with Crippen molar-refractivity contribution in [1.29, 1.82) is 0 Å². The van der Waals surface area contributed by atoms with E-state index in [1.54, 1.807) is 0 Å². The van der Waals surface area contributed by atoms with Crippen molar-refractivity contribution in [2.75, 3.05) is 45.9 Å². The molecule has 3 rings (SSSR count). The Hall–Kier alpha value is -1.59. The topological polar surface area (TPSA) is 44.8 Å². The van der Waals surface area contributed by atoms with Crippen LogP contribution < -0.4 is 5.32 Å². The summed E-state index contributed by atoms with van der Waals surface area (Å²) in [7, 11) is 0. The summed E-state index contributed by atoms with van der Waals surface area (Å²) in [5.74, 6) is 0.712. The zero-order chi connectivity index (χ0) is 16.8. The quantitative estimate of drug-likeness (QED) is 0.920. The van der Waals surface area contributed by atoms with Crippen LogP contribution in [-0.4, -0.2) is 61.8 Å². The number of piperidine rings is 1. The molecular weight excluding hydrogens is 302 g/mol. The third kappa shape index (κ3) is 4.95. The number of hydrogen-bond acceptors (Lipinski definition) is 3. The van der Waals surface area contributed by atoms with Gasteiger partial charge in [0.15, 0.2) is 0 Å². The van der Waals surface area contributed by atoms with Crippen LogP contribution in [0.25, 0.3) is 0 Å². The van der Waals surface area contributed by atoms with Crippen molar-refractivity contribution < 1.29 is 9.53 Å². The average Bonchev–Trinajstić information content (AvgIpc) is 2.62. The lowest BCUT2D eigenvalue weighted by Gasteiger charge is -2.36. The van der Waals surface area contributed by atoms with Crippen molar-refractivity contribution in [2.24, 2.45) is 5.92 Å². The summed E-state index contributed by atoms with van der Waals surface area (Å²) in [5, 5.41) is 3.04. The van der Waals surface area contributed by atoms with Gasteiger partial charge < -0.3 is 15.0 Å². The van der Waals surface area contributed by atoms with Crippen LogP contribution in [0.1, 0.15) is 24.0 Å². The van der Waals surface area contributed by atoms with E-state index >= 15 is 0 Å². The molecule has 0 saturated carbocycles. The fourth-order valence-corrected chi connectivity index (χ4v) is 3.46. The first-order chi connectivity index (χ1) is 11.7. The number of ether oxygens (including phenoxy) is 1. The second-order valence-corrected chi connectivity index (χ2v) is 6.99.